The van der Waals surface area contributed by atoms with E-state index >= 15 is 0 Å². The van der Waals surface area contributed by atoms with Gasteiger partial charge in [-0.05, 0) is 12.8 Å². The van der Waals surface area contributed by atoms with Crippen molar-refractivity contribution in [3.05, 3.63) is 29.3 Å². The Balaban J connectivity index is 2.52. The van der Waals surface area contributed by atoms with E-state index in [-0.39, 0.29) is 12.4 Å². The van der Waals surface area contributed by atoms with Crippen molar-refractivity contribution < 1.29 is 20.1 Å². The smallest absolute Gasteiger partial charge is 0.314 e. The summed E-state index contributed by atoms with van der Waals surface area (Å²) < 4.78 is 0. The van der Waals surface area contributed by atoms with Gasteiger partial charge in [0.1, 0.15) is 5.75 Å². The molecule has 0 aliphatic heterocycles. The van der Waals surface area contributed by atoms with Crippen molar-refractivity contribution in [2.45, 2.75) is 44.1 Å². The normalized spacial score (nSPS) is 18.5. The number of hydrogen-bond acceptors (Lipinski definition) is 3. The summed E-state index contributed by atoms with van der Waals surface area (Å²) >= 11 is 0. The van der Waals surface area contributed by atoms with Gasteiger partial charge in [-0.2, -0.15) is 0 Å². The number of hydrogen-bond donors (Lipinski definition) is 3. The number of aromatic hydroxyl groups is 1. The molecular formula is C14H18O4. The van der Waals surface area contributed by atoms with Crippen LogP contribution in [-0.2, 0) is 16.8 Å². The predicted octanol–water partition coefficient (Wildman–Crippen LogP) is 2.17. The number of aliphatic hydroxyl groups excluding tert-OH is 1. The minimum absolute atomic E-state index is 0.0655. The molecule has 4 nitrogen and oxygen atoms in total. The first-order valence-corrected chi connectivity index (χ1v) is 6.27. The van der Waals surface area contributed by atoms with Crippen LogP contribution in [0.2, 0.25) is 0 Å². The fourth-order valence-corrected chi connectivity index (χ4v) is 2.86. The average molecular weight is 250 g/mol. The van der Waals surface area contributed by atoms with Gasteiger partial charge >= 0.3 is 5.97 Å². The Labute approximate surface area is 106 Å². The molecule has 0 amide bonds. The van der Waals surface area contributed by atoms with Crippen molar-refractivity contribution in [1.82, 2.24) is 0 Å². The number of carboxylic acids is 1. The Morgan fingerprint density at radius 1 is 1.22 bits per heavy atom. The van der Waals surface area contributed by atoms with E-state index in [0.717, 1.165) is 19.3 Å². The lowest BCUT2D eigenvalue weighted by molar-refractivity contribution is -0.145. The van der Waals surface area contributed by atoms with Gasteiger partial charge in [0.15, 0.2) is 0 Å². The molecule has 1 aliphatic rings. The highest BCUT2D eigenvalue weighted by Crippen LogP contribution is 2.44. The monoisotopic (exact) mass is 250 g/mol. The minimum Gasteiger partial charge on any atom is -0.507 e. The van der Waals surface area contributed by atoms with Crippen LogP contribution < -0.4 is 0 Å². The van der Waals surface area contributed by atoms with E-state index in [9.17, 15) is 15.0 Å². The largest absolute Gasteiger partial charge is 0.507 e. The second-order valence-corrected chi connectivity index (χ2v) is 4.92. The second-order valence-electron chi connectivity index (χ2n) is 4.92. The molecule has 0 atom stereocenters. The van der Waals surface area contributed by atoms with Gasteiger partial charge in [0.25, 0.3) is 0 Å². The lowest BCUT2D eigenvalue weighted by atomic mass is 9.69. The second kappa shape index (κ2) is 4.98. The third kappa shape index (κ3) is 1.97. The Kier molecular flexibility index (Phi) is 3.57. The van der Waals surface area contributed by atoms with Crippen LogP contribution >= 0.6 is 0 Å². The third-order valence-corrected chi connectivity index (χ3v) is 3.92. The van der Waals surface area contributed by atoms with Gasteiger partial charge in [0, 0.05) is 11.1 Å². The fourth-order valence-electron chi connectivity index (χ4n) is 2.86. The molecule has 0 aromatic heterocycles. The lowest BCUT2D eigenvalue weighted by Crippen LogP contribution is -2.38. The summed E-state index contributed by atoms with van der Waals surface area (Å²) in [6.45, 7) is -0.282. The van der Waals surface area contributed by atoms with Gasteiger partial charge in [-0.3, -0.25) is 4.79 Å². The van der Waals surface area contributed by atoms with Crippen molar-refractivity contribution in [3.8, 4) is 5.75 Å². The van der Waals surface area contributed by atoms with Crippen molar-refractivity contribution in [2.75, 3.05) is 0 Å². The molecule has 0 unspecified atom stereocenters. The number of carbonyl (C=O) groups is 1. The fraction of sp³-hybridized carbons (Fsp3) is 0.500. The molecule has 0 spiro atoms. The Morgan fingerprint density at radius 2 is 1.89 bits per heavy atom. The van der Waals surface area contributed by atoms with Gasteiger partial charge in [0.2, 0.25) is 0 Å². The SMILES string of the molecule is O=C(O)C1(c2cccc(CO)c2O)CCCCC1. The molecule has 0 saturated heterocycles. The Bertz CT molecular complexity index is 447. The summed E-state index contributed by atoms with van der Waals surface area (Å²) in [6.07, 6.45) is 3.84. The van der Waals surface area contributed by atoms with Crippen LogP contribution in [0.4, 0.5) is 0 Å². The van der Waals surface area contributed by atoms with Gasteiger partial charge in [-0.25, -0.2) is 0 Å². The quantitative estimate of drug-likeness (QED) is 0.768. The van der Waals surface area contributed by atoms with Crippen LogP contribution in [0.5, 0.6) is 5.75 Å². The summed E-state index contributed by atoms with van der Waals surface area (Å²) in [4.78, 5) is 11.7. The molecule has 1 aliphatic carbocycles. The number of aliphatic carboxylic acids is 1. The molecule has 0 heterocycles. The van der Waals surface area contributed by atoms with Crippen molar-refractivity contribution in [3.63, 3.8) is 0 Å². The first-order chi connectivity index (χ1) is 8.62. The number of benzene rings is 1. The van der Waals surface area contributed by atoms with E-state index in [1.807, 2.05) is 0 Å². The molecule has 0 radical (unpaired) electrons. The molecule has 1 aromatic carbocycles. The van der Waals surface area contributed by atoms with Crippen LogP contribution in [0.15, 0.2) is 18.2 Å². The van der Waals surface area contributed by atoms with Crippen molar-refractivity contribution in [2.24, 2.45) is 0 Å². The highest BCUT2D eigenvalue weighted by molar-refractivity contribution is 5.82. The molecule has 98 valence electrons. The molecule has 1 saturated carbocycles. The third-order valence-electron chi connectivity index (χ3n) is 3.92. The summed E-state index contributed by atoms with van der Waals surface area (Å²) in [5, 5.41) is 28.8. The van der Waals surface area contributed by atoms with E-state index in [1.54, 1.807) is 18.2 Å². The maximum absolute atomic E-state index is 11.7. The van der Waals surface area contributed by atoms with Gasteiger partial charge in [-0.15, -0.1) is 0 Å². The summed E-state index contributed by atoms with van der Waals surface area (Å²) in [5.74, 6) is -0.947. The van der Waals surface area contributed by atoms with E-state index in [1.165, 1.54) is 0 Å². The van der Waals surface area contributed by atoms with E-state index in [4.69, 9.17) is 5.11 Å². The van der Waals surface area contributed by atoms with Crippen LogP contribution in [0.25, 0.3) is 0 Å². The maximum atomic E-state index is 11.7. The predicted molar refractivity (Wildman–Crippen MR) is 66.4 cm³/mol. The Hall–Kier alpha value is -1.55. The van der Waals surface area contributed by atoms with E-state index in [0.29, 0.717) is 24.0 Å². The number of carboxylic acid groups (broad SMARTS) is 1. The first kappa shape index (κ1) is 12.9. The van der Waals surface area contributed by atoms with Crippen LogP contribution in [0.3, 0.4) is 0 Å². The van der Waals surface area contributed by atoms with Gasteiger partial charge in [0.05, 0.1) is 12.0 Å². The number of rotatable bonds is 3. The highest BCUT2D eigenvalue weighted by Gasteiger charge is 2.43. The molecule has 4 heteroatoms. The zero-order chi connectivity index (χ0) is 13.2. The number of aliphatic hydroxyl groups is 1. The van der Waals surface area contributed by atoms with Crippen LogP contribution in [-0.4, -0.2) is 21.3 Å². The summed E-state index contributed by atoms with van der Waals surface area (Å²) in [5.41, 5.74) is -0.159. The van der Waals surface area contributed by atoms with Crippen LogP contribution in [0.1, 0.15) is 43.2 Å². The molecule has 2 rings (SSSR count). The Morgan fingerprint density at radius 3 is 2.44 bits per heavy atom. The van der Waals surface area contributed by atoms with E-state index < -0.39 is 11.4 Å². The molecule has 18 heavy (non-hydrogen) atoms. The van der Waals surface area contributed by atoms with Crippen molar-refractivity contribution in [1.29, 1.82) is 0 Å². The first-order valence-electron chi connectivity index (χ1n) is 6.27. The topological polar surface area (TPSA) is 77.8 Å². The summed E-state index contributed by atoms with van der Waals surface area (Å²) in [6, 6.07) is 4.96. The average Bonchev–Trinajstić information content (AvgIpc) is 2.39. The van der Waals surface area contributed by atoms with E-state index in [2.05, 4.69) is 0 Å². The number of phenols is 1. The number of para-hydroxylation sites is 1. The summed E-state index contributed by atoms with van der Waals surface area (Å²) in [7, 11) is 0. The molecule has 1 aromatic rings. The lowest BCUT2D eigenvalue weighted by Gasteiger charge is -2.34. The standard InChI is InChI=1S/C14H18O4/c15-9-10-5-4-6-11(12(10)16)14(13(17)18)7-2-1-3-8-14/h4-6,15-16H,1-3,7-9H2,(H,17,18). The van der Waals surface area contributed by atoms with Crippen LogP contribution in [0, 0.1) is 0 Å². The zero-order valence-corrected chi connectivity index (χ0v) is 10.2. The zero-order valence-electron chi connectivity index (χ0n) is 10.2. The minimum atomic E-state index is -0.993. The molecular weight excluding hydrogens is 232 g/mol. The van der Waals surface area contributed by atoms with Gasteiger partial charge < -0.3 is 15.3 Å². The van der Waals surface area contributed by atoms with Crippen molar-refractivity contribution >= 4 is 5.97 Å². The van der Waals surface area contributed by atoms with Gasteiger partial charge in [-0.1, -0.05) is 37.5 Å². The molecule has 1 fully saturated rings. The molecule has 0 bridgehead atoms. The maximum Gasteiger partial charge on any atom is 0.314 e. The highest BCUT2D eigenvalue weighted by atomic mass is 16.4. The molecule has 3 N–H and O–H groups in total.